The predicted molar refractivity (Wildman–Crippen MR) is 132 cm³/mol. The van der Waals surface area contributed by atoms with Crippen LogP contribution >= 0.6 is 23.1 Å². The second kappa shape index (κ2) is 10.4. The van der Waals surface area contributed by atoms with Crippen LogP contribution in [0, 0.1) is 0 Å². The first-order valence-electron chi connectivity index (χ1n) is 11.0. The van der Waals surface area contributed by atoms with Crippen LogP contribution in [-0.4, -0.2) is 54.3 Å². The molecule has 0 radical (unpaired) electrons. The third-order valence-electron chi connectivity index (χ3n) is 6.02. The van der Waals surface area contributed by atoms with E-state index in [1.165, 1.54) is 6.07 Å². The lowest BCUT2D eigenvalue weighted by atomic mass is 9.92. The van der Waals surface area contributed by atoms with Gasteiger partial charge in [0.15, 0.2) is 0 Å². The Morgan fingerprint density at radius 2 is 1.95 bits per heavy atom. The van der Waals surface area contributed by atoms with E-state index >= 15 is 0 Å². The molecule has 1 aromatic carbocycles. The monoisotopic (exact) mass is 590 g/mol. The molecule has 204 valence electrons. The molecule has 4 rings (SSSR count). The molecule has 0 aliphatic heterocycles. The number of sulfonamides is 1. The number of nitrogens with one attached hydrogen (secondary N) is 1. The number of carbonyl (C=O) groups is 2. The Labute approximate surface area is 223 Å². The molecule has 1 aliphatic carbocycles. The smallest absolute Gasteiger partial charge is 0.452 e. The van der Waals surface area contributed by atoms with Crippen LogP contribution in [0.5, 0.6) is 0 Å². The molecule has 0 bridgehead atoms. The normalized spacial score (nSPS) is 21.3. The maximum atomic E-state index is 13.3. The Morgan fingerprint density at radius 3 is 2.55 bits per heavy atom. The van der Waals surface area contributed by atoms with Gasteiger partial charge in [-0.15, -0.1) is 23.1 Å². The third-order valence-corrected chi connectivity index (χ3v) is 10.3. The van der Waals surface area contributed by atoms with Crippen LogP contribution in [-0.2, 0) is 35.9 Å². The molecule has 9 nitrogen and oxygen atoms in total. The number of ether oxygens (including phenoxy) is 1. The lowest BCUT2D eigenvalue weighted by Gasteiger charge is -2.24. The molecule has 2 atom stereocenters. The van der Waals surface area contributed by atoms with Crippen molar-refractivity contribution in [2.45, 2.75) is 34.7 Å². The van der Waals surface area contributed by atoms with E-state index in [1.54, 1.807) is 37.3 Å². The highest BCUT2D eigenvalue weighted by molar-refractivity contribution is 8.00. The molecular weight excluding hydrogens is 569 g/mol. The van der Waals surface area contributed by atoms with Crippen molar-refractivity contribution in [3.05, 3.63) is 59.9 Å². The van der Waals surface area contributed by atoms with E-state index in [0.717, 1.165) is 17.8 Å². The summed E-state index contributed by atoms with van der Waals surface area (Å²) in [7, 11) is -4.43. The summed E-state index contributed by atoms with van der Waals surface area (Å²) in [6, 6.07) is 11.6. The maximum absolute atomic E-state index is 13.3. The summed E-state index contributed by atoms with van der Waals surface area (Å²) < 4.78 is 76.4. The number of halogens is 3. The van der Waals surface area contributed by atoms with E-state index in [2.05, 4.69) is 14.4 Å². The Bertz CT molecular complexity index is 1440. The van der Waals surface area contributed by atoms with Crippen molar-refractivity contribution in [2.24, 2.45) is 0 Å². The van der Waals surface area contributed by atoms with Gasteiger partial charge in [-0.25, -0.2) is 8.42 Å². The van der Waals surface area contributed by atoms with Crippen molar-refractivity contribution in [3.8, 4) is 10.6 Å². The van der Waals surface area contributed by atoms with E-state index in [1.807, 2.05) is 0 Å². The minimum absolute atomic E-state index is 0.0449. The van der Waals surface area contributed by atoms with Gasteiger partial charge in [0, 0.05) is 17.2 Å². The number of carboxylic acids is 1. The van der Waals surface area contributed by atoms with Gasteiger partial charge in [0.2, 0.25) is 5.76 Å². The number of benzene rings is 1. The standard InChI is InChI=1S/C23H21F3N2O7S3/c1-2-34-18(29)11-36-13-21(14-6-4-3-5-7-14)12-22(21,20(30)31)28-38(32,33)19-9-8-16(37-19)15-10-17(35-27-15)23(24,25)26/h3-10,28H,2,11-13H2,1H3,(H,30,31)/t21-,22+/m1/s1. The highest BCUT2D eigenvalue weighted by atomic mass is 32.2. The van der Waals surface area contributed by atoms with E-state index in [0.29, 0.717) is 23.0 Å². The summed E-state index contributed by atoms with van der Waals surface area (Å²) in [5, 5.41) is 13.6. The number of alkyl halides is 3. The maximum Gasteiger partial charge on any atom is 0.452 e. The molecule has 2 aromatic heterocycles. The molecule has 1 fully saturated rings. The predicted octanol–water partition coefficient (Wildman–Crippen LogP) is 4.16. The first-order valence-corrected chi connectivity index (χ1v) is 14.5. The van der Waals surface area contributed by atoms with Crippen molar-refractivity contribution in [3.63, 3.8) is 0 Å². The van der Waals surface area contributed by atoms with E-state index in [4.69, 9.17) is 4.74 Å². The highest BCUT2D eigenvalue weighted by Gasteiger charge is 2.74. The van der Waals surface area contributed by atoms with E-state index in [-0.39, 0.29) is 39.3 Å². The fourth-order valence-electron chi connectivity index (χ4n) is 4.15. The van der Waals surface area contributed by atoms with Crippen molar-refractivity contribution < 1.29 is 45.5 Å². The second-order valence-corrected chi connectivity index (χ2v) is 12.4. The Balaban J connectivity index is 1.62. The zero-order chi connectivity index (χ0) is 27.8. The minimum Gasteiger partial charge on any atom is -0.480 e. The third kappa shape index (κ3) is 5.32. The van der Waals surface area contributed by atoms with Gasteiger partial charge in [-0.3, -0.25) is 9.59 Å². The van der Waals surface area contributed by atoms with Crippen molar-refractivity contribution >= 4 is 45.1 Å². The molecule has 38 heavy (non-hydrogen) atoms. The van der Waals surface area contributed by atoms with Gasteiger partial charge in [0.1, 0.15) is 15.4 Å². The van der Waals surface area contributed by atoms with Gasteiger partial charge in [0.25, 0.3) is 10.0 Å². The average Bonchev–Trinajstić information content (AvgIpc) is 3.23. The minimum atomic E-state index is -4.76. The SMILES string of the molecule is CCOC(=O)CSC[C@@]1(c2ccccc2)C[C@]1(NS(=O)(=O)c1ccc(-c2cc(C(F)(F)F)on2)s1)C(=O)O. The number of thiophene rings is 1. The topological polar surface area (TPSA) is 136 Å². The molecule has 15 heteroatoms. The Kier molecular flexibility index (Phi) is 7.67. The van der Waals surface area contributed by atoms with Crippen LogP contribution in [0.4, 0.5) is 13.2 Å². The fraction of sp³-hybridized carbons (Fsp3) is 0.348. The quantitative estimate of drug-likeness (QED) is 0.316. The van der Waals surface area contributed by atoms with Crippen LogP contribution in [0.2, 0.25) is 0 Å². The summed E-state index contributed by atoms with van der Waals surface area (Å²) in [6.07, 6.45) is -4.84. The van der Waals surface area contributed by atoms with E-state index in [9.17, 15) is 36.3 Å². The number of aliphatic carboxylic acids is 1. The van der Waals surface area contributed by atoms with Gasteiger partial charge < -0.3 is 14.4 Å². The Morgan fingerprint density at radius 1 is 1.24 bits per heavy atom. The van der Waals surface area contributed by atoms with Crippen molar-refractivity contribution in [2.75, 3.05) is 18.1 Å². The lowest BCUT2D eigenvalue weighted by Crippen LogP contribution is -2.49. The fourth-order valence-corrected chi connectivity index (χ4v) is 8.05. The molecule has 2 N–H and O–H groups in total. The van der Waals surface area contributed by atoms with E-state index < -0.39 is 44.9 Å². The van der Waals surface area contributed by atoms with Crippen molar-refractivity contribution in [1.82, 2.24) is 9.88 Å². The number of esters is 1. The first kappa shape index (κ1) is 28.1. The van der Waals surface area contributed by atoms with Crippen LogP contribution in [0.25, 0.3) is 10.6 Å². The number of rotatable bonds is 11. The molecule has 1 saturated carbocycles. The number of hydrogen-bond acceptors (Lipinski definition) is 9. The lowest BCUT2D eigenvalue weighted by molar-refractivity contribution is -0.155. The molecule has 1 aliphatic rings. The number of hydrogen-bond donors (Lipinski definition) is 2. The van der Waals surface area contributed by atoms with Gasteiger partial charge in [0.05, 0.1) is 17.2 Å². The molecule has 0 amide bonds. The Hall–Kier alpha value is -2.88. The number of carbonyl (C=O) groups excluding carboxylic acids is 1. The van der Waals surface area contributed by atoms with Crippen LogP contribution in [0.1, 0.15) is 24.7 Å². The molecule has 2 heterocycles. The molecule has 3 aromatic rings. The average molecular weight is 591 g/mol. The van der Waals surface area contributed by atoms with Gasteiger partial charge in [-0.1, -0.05) is 35.5 Å². The van der Waals surface area contributed by atoms with Crippen LogP contribution in [0.15, 0.2) is 57.3 Å². The van der Waals surface area contributed by atoms with Gasteiger partial charge >= 0.3 is 18.1 Å². The van der Waals surface area contributed by atoms with Crippen LogP contribution < -0.4 is 4.72 Å². The zero-order valence-electron chi connectivity index (χ0n) is 19.6. The molecule has 0 unspecified atom stereocenters. The summed E-state index contributed by atoms with van der Waals surface area (Å²) in [4.78, 5) is 24.5. The molecular formula is C23H21F3N2O7S3. The summed E-state index contributed by atoms with van der Waals surface area (Å²) in [6.45, 7) is 1.85. The van der Waals surface area contributed by atoms with Crippen LogP contribution in [0.3, 0.4) is 0 Å². The van der Waals surface area contributed by atoms with Crippen molar-refractivity contribution in [1.29, 1.82) is 0 Å². The first-order chi connectivity index (χ1) is 17.8. The number of aromatic nitrogens is 1. The summed E-state index contributed by atoms with van der Waals surface area (Å²) >= 11 is 1.75. The zero-order valence-corrected chi connectivity index (χ0v) is 22.1. The number of thioether (sulfide) groups is 1. The summed E-state index contributed by atoms with van der Waals surface area (Å²) in [5.41, 5.74) is -2.72. The van der Waals surface area contributed by atoms with Gasteiger partial charge in [-0.2, -0.15) is 17.9 Å². The largest absolute Gasteiger partial charge is 0.480 e. The second-order valence-electron chi connectivity index (χ2n) is 8.43. The molecule has 0 saturated heterocycles. The number of carboxylic acid groups (broad SMARTS) is 1. The molecule has 0 spiro atoms. The highest BCUT2D eigenvalue weighted by Crippen LogP contribution is 2.60. The summed E-state index contributed by atoms with van der Waals surface area (Å²) in [5.74, 6) is -3.14. The number of nitrogens with zero attached hydrogens (tertiary/aromatic N) is 1. The van der Waals surface area contributed by atoms with Gasteiger partial charge in [-0.05, 0) is 31.0 Å².